The summed E-state index contributed by atoms with van der Waals surface area (Å²) in [5.41, 5.74) is 0.869. The summed E-state index contributed by atoms with van der Waals surface area (Å²) in [7, 11) is 1.88. The quantitative estimate of drug-likeness (QED) is 0.874. The van der Waals surface area contributed by atoms with Crippen LogP contribution in [0.15, 0.2) is 35.1 Å². The van der Waals surface area contributed by atoms with Gasteiger partial charge in [0.15, 0.2) is 0 Å². The second-order valence-corrected chi connectivity index (χ2v) is 4.98. The first-order valence-electron chi connectivity index (χ1n) is 6.78. The van der Waals surface area contributed by atoms with E-state index in [1.165, 1.54) is 6.07 Å². The molecule has 3 rings (SSSR count). The van der Waals surface area contributed by atoms with E-state index in [-0.39, 0.29) is 5.56 Å². The summed E-state index contributed by atoms with van der Waals surface area (Å²) in [6.07, 6.45) is 2.17. The van der Waals surface area contributed by atoms with Crippen molar-refractivity contribution < 1.29 is 4.74 Å². The summed E-state index contributed by atoms with van der Waals surface area (Å²) < 4.78 is 5.79. The zero-order valence-corrected chi connectivity index (χ0v) is 11.3. The fourth-order valence-corrected chi connectivity index (χ4v) is 2.11. The third-order valence-corrected chi connectivity index (χ3v) is 3.25. The van der Waals surface area contributed by atoms with Gasteiger partial charge in [0.25, 0.3) is 5.56 Å². The third kappa shape index (κ3) is 2.88. The van der Waals surface area contributed by atoms with Crippen LogP contribution in [0.1, 0.15) is 30.1 Å². The Kier molecular flexibility index (Phi) is 3.52. The molecule has 1 fully saturated rings. The standard InChI is InChI=1S/C15H17N3O2/c1-16-9-11-4-2-3-5-12(11)20-14-8-13(19)17-15(18-14)10-6-7-10/h2-5,8,10,16H,6-7,9H2,1H3,(H,17,18,19). The Hall–Kier alpha value is -2.14. The second-order valence-electron chi connectivity index (χ2n) is 4.98. The molecule has 104 valence electrons. The average Bonchev–Trinajstić information content (AvgIpc) is 3.25. The van der Waals surface area contributed by atoms with Gasteiger partial charge in [0.2, 0.25) is 5.88 Å². The number of para-hydroxylation sites is 1. The molecule has 1 saturated carbocycles. The summed E-state index contributed by atoms with van der Waals surface area (Å²) in [6.45, 7) is 0.703. The molecule has 1 heterocycles. The summed E-state index contributed by atoms with van der Waals surface area (Å²) in [5, 5.41) is 3.09. The first-order chi connectivity index (χ1) is 9.76. The molecule has 1 aliphatic rings. The van der Waals surface area contributed by atoms with Gasteiger partial charge in [-0.2, -0.15) is 4.98 Å². The lowest BCUT2D eigenvalue weighted by molar-refractivity contribution is 0.450. The molecule has 0 radical (unpaired) electrons. The molecule has 1 aromatic heterocycles. The predicted octanol–water partition coefficient (Wildman–Crippen LogP) is 2.16. The van der Waals surface area contributed by atoms with Crippen LogP contribution in [-0.2, 0) is 6.54 Å². The lowest BCUT2D eigenvalue weighted by Crippen LogP contribution is -2.11. The summed E-state index contributed by atoms with van der Waals surface area (Å²) in [6, 6.07) is 9.12. The number of nitrogens with one attached hydrogen (secondary N) is 2. The minimum atomic E-state index is -0.164. The molecule has 20 heavy (non-hydrogen) atoms. The number of aromatic nitrogens is 2. The van der Waals surface area contributed by atoms with Crippen molar-refractivity contribution in [1.29, 1.82) is 0 Å². The van der Waals surface area contributed by atoms with E-state index in [0.717, 1.165) is 30.0 Å². The molecule has 5 nitrogen and oxygen atoms in total. The lowest BCUT2D eigenvalue weighted by atomic mass is 10.2. The van der Waals surface area contributed by atoms with Crippen molar-refractivity contribution in [3.8, 4) is 11.6 Å². The molecule has 0 unspecified atom stereocenters. The molecule has 0 saturated heterocycles. The SMILES string of the molecule is CNCc1ccccc1Oc1cc(=O)[nH]c(C2CC2)n1. The number of rotatable bonds is 5. The largest absolute Gasteiger partial charge is 0.438 e. The molecular weight excluding hydrogens is 254 g/mol. The van der Waals surface area contributed by atoms with Gasteiger partial charge in [0.05, 0.1) is 6.07 Å². The van der Waals surface area contributed by atoms with Crippen LogP contribution in [0.5, 0.6) is 11.6 Å². The maximum Gasteiger partial charge on any atom is 0.254 e. The highest BCUT2D eigenvalue weighted by atomic mass is 16.5. The number of benzene rings is 1. The number of hydrogen-bond donors (Lipinski definition) is 2. The predicted molar refractivity (Wildman–Crippen MR) is 76.1 cm³/mol. The van der Waals surface area contributed by atoms with Crippen LogP contribution >= 0.6 is 0 Å². The van der Waals surface area contributed by atoms with Crippen LogP contribution in [0.4, 0.5) is 0 Å². The van der Waals surface area contributed by atoms with E-state index in [1.807, 2.05) is 31.3 Å². The van der Waals surface area contributed by atoms with E-state index in [1.54, 1.807) is 0 Å². The van der Waals surface area contributed by atoms with Crippen LogP contribution in [0.25, 0.3) is 0 Å². The van der Waals surface area contributed by atoms with Crippen molar-refractivity contribution in [2.75, 3.05) is 7.05 Å². The topological polar surface area (TPSA) is 67.0 Å². The van der Waals surface area contributed by atoms with E-state index in [4.69, 9.17) is 4.74 Å². The van der Waals surface area contributed by atoms with E-state index in [9.17, 15) is 4.79 Å². The monoisotopic (exact) mass is 271 g/mol. The van der Waals surface area contributed by atoms with Gasteiger partial charge in [0, 0.05) is 18.0 Å². The van der Waals surface area contributed by atoms with Gasteiger partial charge < -0.3 is 15.0 Å². The summed E-state index contributed by atoms with van der Waals surface area (Å²) >= 11 is 0. The molecule has 0 aliphatic heterocycles. The maximum absolute atomic E-state index is 11.7. The van der Waals surface area contributed by atoms with E-state index in [0.29, 0.717) is 18.3 Å². The van der Waals surface area contributed by atoms with Crippen molar-refractivity contribution in [1.82, 2.24) is 15.3 Å². The van der Waals surface area contributed by atoms with Gasteiger partial charge in [-0.25, -0.2) is 0 Å². The Morgan fingerprint density at radius 1 is 1.40 bits per heavy atom. The van der Waals surface area contributed by atoms with Crippen LogP contribution < -0.4 is 15.6 Å². The first-order valence-corrected chi connectivity index (χ1v) is 6.78. The minimum absolute atomic E-state index is 0.164. The molecular formula is C15H17N3O2. The Labute approximate surface area is 117 Å². The number of aromatic amines is 1. The number of hydrogen-bond acceptors (Lipinski definition) is 4. The number of nitrogens with zero attached hydrogens (tertiary/aromatic N) is 1. The maximum atomic E-state index is 11.7. The van der Waals surface area contributed by atoms with Gasteiger partial charge in [-0.15, -0.1) is 0 Å². The van der Waals surface area contributed by atoms with Crippen molar-refractivity contribution in [2.45, 2.75) is 25.3 Å². The van der Waals surface area contributed by atoms with Crippen molar-refractivity contribution in [3.63, 3.8) is 0 Å². The summed E-state index contributed by atoms with van der Waals surface area (Å²) in [4.78, 5) is 18.8. The van der Waals surface area contributed by atoms with Gasteiger partial charge >= 0.3 is 0 Å². The van der Waals surface area contributed by atoms with Gasteiger partial charge in [-0.1, -0.05) is 18.2 Å². The van der Waals surface area contributed by atoms with E-state index in [2.05, 4.69) is 15.3 Å². The van der Waals surface area contributed by atoms with Gasteiger partial charge in [0.1, 0.15) is 11.6 Å². The molecule has 0 bridgehead atoms. The van der Waals surface area contributed by atoms with Crippen LogP contribution in [0.3, 0.4) is 0 Å². The van der Waals surface area contributed by atoms with E-state index >= 15 is 0 Å². The smallest absolute Gasteiger partial charge is 0.254 e. The van der Waals surface area contributed by atoms with E-state index < -0.39 is 0 Å². The van der Waals surface area contributed by atoms with Crippen molar-refractivity contribution in [3.05, 3.63) is 52.1 Å². The normalized spacial score (nSPS) is 14.2. The average molecular weight is 271 g/mol. The minimum Gasteiger partial charge on any atom is -0.438 e. The molecule has 1 aromatic carbocycles. The van der Waals surface area contributed by atoms with Gasteiger partial charge in [-0.05, 0) is 26.0 Å². The molecule has 2 N–H and O–H groups in total. The molecule has 2 aromatic rings. The Bertz CT molecular complexity index is 662. The van der Waals surface area contributed by atoms with Crippen molar-refractivity contribution in [2.24, 2.45) is 0 Å². The number of H-pyrrole nitrogens is 1. The van der Waals surface area contributed by atoms with Crippen LogP contribution in [0, 0.1) is 0 Å². The highest BCUT2D eigenvalue weighted by Gasteiger charge is 2.26. The molecule has 1 aliphatic carbocycles. The second kappa shape index (κ2) is 5.46. The Balaban J connectivity index is 1.89. The van der Waals surface area contributed by atoms with Crippen LogP contribution in [0.2, 0.25) is 0 Å². The molecule has 0 amide bonds. The number of ether oxygens (including phenoxy) is 1. The fourth-order valence-electron chi connectivity index (χ4n) is 2.11. The molecule has 0 spiro atoms. The third-order valence-electron chi connectivity index (χ3n) is 3.25. The molecule has 0 atom stereocenters. The Morgan fingerprint density at radius 2 is 2.20 bits per heavy atom. The van der Waals surface area contributed by atoms with Crippen LogP contribution in [-0.4, -0.2) is 17.0 Å². The zero-order chi connectivity index (χ0) is 13.9. The summed E-state index contributed by atoms with van der Waals surface area (Å²) in [5.74, 6) is 2.21. The highest BCUT2D eigenvalue weighted by molar-refractivity contribution is 5.36. The fraction of sp³-hybridized carbons (Fsp3) is 0.333. The lowest BCUT2D eigenvalue weighted by Gasteiger charge is -2.10. The molecule has 5 heteroatoms. The Morgan fingerprint density at radius 3 is 2.95 bits per heavy atom. The first kappa shape index (κ1) is 12.9. The van der Waals surface area contributed by atoms with Crippen molar-refractivity contribution >= 4 is 0 Å². The van der Waals surface area contributed by atoms with Gasteiger partial charge in [-0.3, -0.25) is 4.79 Å². The zero-order valence-electron chi connectivity index (χ0n) is 11.3. The highest BCUT2D eigenvalue weighted by Crippen LogP contribution is 2.38.